The van der Waals surface area contributed by atoms with Crippen LogP contribution in [0.2, 0.25) is 0 Å². The second-order valence-corrected chi connectivity index (χ2v) is 4.89. The Kier molecular flexibility index (Phi) is 3.06. The molecule has 0 heterocycles. The fraction of sp³-hybridized carbons (Fsp3) is 0.909. The molecule has 0 unspecified atom stereocenters. The van der Waals surface area contributed by atoms with Crippen molar-refractivity contribution in [3.63, 3.8) is 0 Å². The number of nitrogens with one attached hydrogen (secondary N) is 1. The zero-order chi connectivity index (χ0) is 9.97. The van der Waals surface area contributed by atoms with Crippen LogP contribution in [0.15, 0.2) is 0 Å². The predicted molar refractivity (Wildman–Crippen MR) is 55.7 cm³/mol. The van der Waals surface area contributed by atoms with Crippen molar-refractivity contribution >= 4 is 5.91 Å². The molecule has 2 aliphatic carbocycles. The summed E-state index contributed by atoms with van der Waals surface area (Å²) in [7, 11) is 0. The fourth-order valence-electron chi connectivity index (χ4n) is 2.21. The number of carbonyl (C=O) groups excluding carboxylic acids is 1. The molecule has 2 rings (SSSR count). The van der Waals surface area contributed by atoms with E-state index < -0.39 is 0 Å². The molecule has 0 aromatic rings. The van der Waals surface area contributed by atoms with Crippen molar-refractivity contribution in [2.24, 2.45) is 17.6 Å². The van der Waals surface area contributed by atoms with Crippen LogP contribution >= 0.6 is 0 Å². The van der Waals surface area contributed by atoms with Crippen LogP contribution in [0.4, 0.5) is 0 Å². The molecule has 0 aliphatic heterocycles. The van der Waals surface area contributed by atoms with Crippen LogP contribution < -0.4 is 11.1 Å². The second-order valence-electron chi connectivity index (χ2n) is 4.89. The second kappa shape index (κ2) is 4.30. The molecule has 0 aromatic heterocycles. The highest BCUT2D eigenvalue weighted by Gasteiger charge is 2.25. The number of amides is 1. The van der Waals surface area contributed by atoms with Crippen LogP contribution in [0.25, 0.3) is 0 Å². The molecule has 2 fully saturated rings. The summed E-state index contributed by atoms with van der Waals surface area (Å²) in [6.45, 7) is 0.846. The van der Waals surface area contributed by atoms with E-state index in [1.54, 1.807) is 0 Å². The highest BCUT2D eigenvalue weighted by molar-refractivity contribution is 5.76. The molecule has 80 valence electrons. The lowest BCUT2D eigenvalue weighted by Gasteiger charge is -2.10. The lowest BCUT2D eigenvalue weighted by atomic mass is 10.1. The van der Waals surface area contributed by atoms with Crippen molar-refractivity contribution in [3.8, 4) is 0 Å². The minimum Gasteiger partial charge on any atom is -0.356 e. The first-order chi connectivity index (χ1) is 6.74. The summed E-state index contributed by atoms with van der Waals surface area (Å²) in [6, 6.07) is 0.375. The summed E-state index contributed by atoms with van der Waals surface area (Å²) < 4.78 is 0. The Bertz CT molecular complexity index is 213. The van der Waals surface area contributed by atoms with Crippen LogP contribution in [0.5, 0.6) is 0 Å². The van der Waals surface area contributed by atoms with E-state index in [4.69, 9.17) is 5.73 Å². The summed E-state index contributed by atoms with van der Waals surface area (Å²) in [5.74, 6) is 1.57. The van der Waals surface area contributed by atoms with Gasteiger partial charge in [0.05, 0.1) is 0 Å². The van der Waals surface area contributed by atoms with E-state index in [-0.39, 0.29) is 5.91 Å². The average molecular weight is 196 g/mol. The summed E-state index contributed by atoms with van der Waals surface area (Å²) in [5.41, 5.74) is 5.81. The maximum atomic E-state index is 11.4. The fourth-order valence-corrected chi connectivity index (χ4v) is 2.21. The third-order valence-electron chi connectivity index (χ3n) is 3.34. The lowest BCUT2D eigenvalue weighted by Crippen LogP contribution is -2.29. The number of nitrogens with two attached hydrogens (primary N) is 1. The molecule has 1 amide bonds. The highest BCUT2D eigenvalue weighted by Crippen LogP contribution is 2.32. The van der Waals surface area contributed by atoms with Gasteiger partial charge in [0.2, 0.25) is 5.91 Å². The Morgan fingerprint density at radius 3 is 2.50 bits per heavy atom. The van der Waals surface area contributed by atoms with E-state index in [9.17, 15) is 4.79 Å². The third-order valence-corrected chi connectivity index (χ3v) is 3.34. The Morgan fingerprint density at radius 2 is 1.93 bits per heavy atom. The Labute approximate surface area is 85.4 Å². The Morgan fingerprint density at radius 1 is 1.21 bits per heavy atom. The highest BCUT2D eigenvalue weighted by atomic mass is 16.1. The molecule has 3 heteroatoms. The summed E-state index contributed by atoms with van der Waals surface area (Å²) in [6.07, 6.45) is 6.65. The molecule has 2 aliphatic rings. The zero-order valence-corrected chi connectivity index (χ0v) is 8.67. The van der Waals surface area contributed by atoms with E-state index in [0.29, 0.717) is 17.9 Å². The molecule has 0 aromatic carbocycles. The van der Waals surface area contributed by atoms with E-state index in [1.165, 1.54) is 19.3 Å². The van der Waals surface area contributed by atoms with Crippen LogP contribution in [-0.4, -0.2) is 18.5 Å². The van der Waals surface area contributed by atoms with Crippen molar-refractivity contribution in [1.29, 1.82) is 0 Å². The molecule has 14 heavy (non-hydrogen) atoms. The van der Waals surface area contributed by atoms with Gasteiger partial charge in [0.1, 0.15) is 0 Å². The molecule has 2 atom stereocenters. The van der Waals surface area contributed by atoms with Crippen LogP contribution in [0.3, 0.4) is 0 Å². The number of hydrogen-bond acceptors (Lipinski definition) is 2. The summed E-state index contributed by atoms with van der Waals surface area (Å²) in [5, 5.41) is 3.02. The van der Waals surface area contributed by atoms with Gasteiger partial charge in [-0.2, -0.15) is 0 Å². The van der Waals surface area contributed by atoms with Gasteiger partial charge in [-0.05, 0) is 43.9 Å². The molecule has 0 radical (unpaired) electrons. The van der Waals surface area contributed by atoms with Crippen molar-refractivity contribution in [3.05, 3.63) is 0 Å². The maximum absolute atomic E-state index is 11.4. The minimum atomic E-state index is 0.243. The summed E-state index contributed by atoms with van der Waals surface area (Å²) >= 11 is 0. The van der Waals surface area contributed by atoms with Gasteiger partial charge in [-0.25, -0.2) is 0 Å². The zero-order valence-electron chi connectivity index (χ0n) is 8.67. The monoisotopic (exact) mass is 196 g/mol. The molecule has 0 spiro atoms. The van der Waals surface area contributed by atoms with Crippen molar-refractivity contribution < 1.29 is 4.79 Å². The molecular formula is C11H20N2O. The molecule has 2 saturated carbocycles. The maximum Gasteiger partial charge on any atom is 0.220 e. The molecule has 0 bridgehead atoms. The molecule has 3 N–H and O–H groups in total. The average Bonchev–Trinajstić information content (AvgIpc) is 2.85. The molecular weight excluding hydrogens is 176 g/mol. The van der Waals surface area contributed by atoms with Gasteiger partial charge < -0.3 is 11.1 Å². The number of hydrogen-bond donors (Lipinski definition) is 2. The van der Waals surface area contributed by atoms with Crippen LogP contribution in [-0.2, 0) is 4.79 Å². The van der Waals surface area contributed by atoms with E-state index in [0.717, 1.165) is 25.8 Å². The summed E-state index contributed by atoms with van der Waals surface area (Å²) in [4.78, 5) is 11.4. The SMILES string of the molecule is N[C@@H]1CC[C@H](CNC(=O)CC2CC2)C1. The van der Waals surface area contributed by atoms with Crippen molar-refractivity contribution in [2.45, 2.75) is 44.6 Å². The Hall–Kier alpha value is -0.570. The standard InChI is InChI=1S/C11H20N2O/c12-10-4-3-9(5-10)7-13-11(14)6-8-1-2-8/h8-10H,1-7,12H2,(H,13,14)/t9-,10+/m0/s1. The van der Waals surface area contributed by atoms with Crippen molar-refractivity contribution in [1.82, 2.24) is 5.32 Å². The van der Waals surface area contributed by atoms with Gasteiger partial charge in [-0.15, -0.1) is 0 Å². The lowest BCUT2D eigenvalue weighted by molar-refractivity contribution is -0.121. The van der Waals surface area contributed by atoms with Crippen LogP contribution in [0.1, 0.15) is 38.5 Å². The third kappa shape index (κ3) is 2.98. The van der Waals surface area contributed by atoms with Gasteiger partial charge in [0, 0.05) is 19.0 Å². The predicted octanol–water partition coefficient (Wildman–Crippen LogP) is 1.03. The number of rotatable bonds is 4. The first kappa shape index (κ1) is 9.97. The van der Waals surface area contributed by atoms with Gasteiger partial charge in [0.25, 0.3) is 0 Å². The molecule has 3 nitrogen and oxygen atoms in total. The van der Waals surface area contributed by atoms with E-state index in [2.05, 4.69) is 5.32 Å². The van der Waals surface area contributed by atoms with Crippen molar-refractivity contribution in [2.75, 3.05) is 6.54 Å². The van der Waals surface area contributed by atoms with E-state index >= 15 is 0 Å². The largest absolute Gasteiger partial charge is 0.356 e. The first-order valence-electron chi connectivity index (χ1n) is 5.76. The van der Waals surface area contributed by atoms with Gasteiger partial charge in [-0.1, -0.05) is 0 Å². The topological polar surface area (TPSA) is 55.1 Å². The van der Waals surface area contributed by atoms with E-state index in [1.807, 2.05) is 0 Å². The van der Waals surface area contributed by atoms with Gasteiger partial charge in [0.15, 0.2) is 0 Å². The Balaban J connectivity index is 1.59. The van der Waals surface area contributed by atoms with Gasteiger partial charge in [-0.3, -0.25) is 4.79 Å². The minimum absolute atomic E-state index is 0.243. The van der Waals surface area contributed by atoms with Gasteiger partial charge >= 0.3 is 0 Å². The quantitative estimate of drug-likeness (QED) is 0.705. The smallest absolute Gasteiger partial charge is 0.220 e. The normalized spacial score (nSPS) is 31.8. The first-order valence-corrected chi connectivity index (χ1v) is 5.76. The number of carbonyl (C=O) groups is 1. The van der Waals surface area contributed by atoms with Crippen LogP contribution in [0, 0.1) is 11.8 Å². The molecule has 0 saturated heterocycles.